The number of aromatic amines is 1. The number of aromatic hydroxyl groups is 1. The van der Waals surface area contributed by atoms with E-state index < -0.39 is 0 Å². The van der Waals surface area contributed by atoms with Crippen LogP contribution >= 0.6 is 11.6 Å². The van der Waals surface area contributed by atoms with Gasteiger partial charge in [-0.05, 0) is 6.07 Å². The van der Waals surface area contributed by atoms with Gasteiger partial charge in [-0.1, -0.05) is 11.6 Å². The Hall–Kier alpha value is -1.72. The molecule has 0 aliphatic rings. The van der Waals surface area contributed by atoms with Crippen molar-refractivity contribution in [3.63, 3.8) is 0 Å². The Labute approximate surface area is 116 Å². The van der Waals surface area contributed by atoms with E-state index in [0.29, 0.717) is 22.9 Å². The smallest absolute Gasteiger partial charge is 0.162 e. The van der Waals surface area contributed by atoms with Crippen LogP contribution in [0.3, 0.4) is 0 Å². The number of ether oxygens (including phenoxy) is 1. The number of rotatable bonds is 6. The zero-order chi connectivity index (χ0) is 13.7. The number of methoxy groups -OCH3 is 1. The summed E-state index contributed by atoms with van der Waals surface area (Å²) in [6.45, 7) is 1.30. The zero-order valence-electron chi connectivity index (χ0n) is 10.6. The van der Waals surface area contributed by atoms with Gasteiger partial charge in [0.2, 0.25) is 0 Å². The molecule has 2 aromatic rings. The molecule has 0 aliphatic heterocycles. The van der Waals surface area contributed by atoms with Crippen LogP contribution in [0.2, 0.25) is 5.02 Å². The fraction of sp³-hybridized carbons (Fsp3) is 0.308. The maximum atomic E-state index is 9.96. The van der Waals surface area contributed by atoms with E-state index in [1.807, 2.05) is 0 Å². The highest BCUT2D eigenvalue weighted by Gasteiger charge is 2.09. The summed E-state index contributed by atoms with van der Waals surface area (Å²) in [6.07, 6.45) is 4.29. The van der Waals surface area contributed by atoms with Gasteiger partial charge in [0.25, 0.3) is 0 Å². The Morgan fingerprint density at radius 3 is 3.00 bits per heavy atom. The largest absolute Gasteiger partial charge is 0.504 e. The molecule has 5 nitrogen and oxygen atoms in total. The Bertz CT molecular complexity index is 529. The van der Waals surface area contributed by atoms with Crippen LogP contribution < -0.4 is 10.1 Å². The molecule has 0 spiro atoms. The third-order valence-corrected chi connectivity index (χ3v) is 3.00. The lowest BCUT2D eigenvalue weighted by molar-refractivity contribution is 0.369. The molecule has 0 atom stereocenters. The molecule has 2 rings (SSSR count). The van der Waals surface area contributed by atoms with E-state index in [4.69, 9.17) is 16.3 Å². The highest BCUT2D eigenvalue weighted by Crippen LogP contribution is 2.33. The molecule has 102 valence electrons. The first-order chi connectivity index (χ1) is 9.20. The average Bonchev–Trinajstić information content (AvgIpc) is 2.91. The normalized spacial score (nSPS) is 10.6. The van der Waals surface area contributed by atoms with Crippen molar-refractivity contribution in [2.24, 2.45) is 0 Å². The van der Waals surface area contributed by atoms with Gasteiger partial charge in [-0.15, -0.1) is 0 Å². The Morgan fingerprint density at radius 2 is 2.32 bits per heavy atom. The van der Waals surface area contributed by atoms with Crippen molar-refractivity contribution in [2.45, 2.75) is 13.0 Å². The minimum absolute atomic E-state index is 0.126. The van der Waals surface area contributed by atoms with Crippen molar-refractivity contribution in [3.05, 3.63) is 40.9 Å². The number of hydrogen-bond acceptors (Lipinski definition) is 4. The topological polar surface area (TPSA) is 70.2 Å². The van der Waals surface area contributed by atoms with Crippen molar-refractivity contribution in [3.8, 4) is 11.5 Å². The van der Waals surface area contributed by atoms with Gasteiger partial charge in [-0.2, -0.15) is 0 Å². The van der Waals surface area contributed by atoms with Crippen LogP contribution in [0, 0.1) is 0 Å². The second-order valence-corrected chi connectivity index (χ2v) is 4.56. The van der Waals surface area contributed by atoms with E-state index in [2.05, 4.69) is 15.3 Å². The fourth-order valence-electron chi connectivity index (χ4n) is 1.79. The van der Waals surface area contributed by atoms with Crippen LogP contribution in [0.4, 0.5) is 0 Å². The summed E-state index contributed by atoms with van der Waals surface area (Å²) in [5.74, 6) is 0.513. The number of halogens is 1. The number of phenolic OH excluding ortho intramolecular Hbond substituents is 1. The number of imidazole rings is 1. The molecule has 0 saturated carbocycles. The van der Waals surface area contributed by atoms with Gasteiger partial charge in [0, 0.05) is 48.1 Å². The number of aromatic nitrogens is 2. The van der Waals surface area contributed by atoms with Gasteiger partial charge >= 0.3 is 0 Å². The van der Waals surface area contributed by atoms with Gasteiger partial charge in [0.05, 0.1) is 13.4 Å². The van der Waals surface area contributed by atoms with Crippen LogP contribution in [0.25, 0.3) is 0 Å². The fourth-order valence-corrected chi connectivity index (χ4v) is 2.02. The molecule has 1 aromatic carbocycles. The average molecular weight is 282 g/mol. The zero-order valence-corrected chi connectivity index (χ0v) is 11.4. The van der Waals surface area contributed by atoms with E-state index in [9.17, 15) is 5.11 Å². The third-order valence-electron chi connectivity index (χ3n) is 2.78. The summed E-state index contributed by atoms with van der Waals surface area (Å²) >= 11 is 5.96. The van der Waals surface area contributed by atoms with E-state index in [1.165, 1.54) is 7.11 Å². The maximum Gasteiger partial charge on any atom is 0.162 e. The maximum absolute atomic E-state index is 9.96. The first-order valence-electron chi connectivity index (χ1n) is 5.94. The third kappa shape index (κ3) is 3.62. The SMILES string of the molecule is COc1cc(Cl)cc(CNCCc2cnc[nH]2)c1O. The molecule has 0 bridgehead atoms. The molecular weight excluding hydrogens is 266 g/mol. The molecule has 1 aromatic heterocycles. The Kier molecular flexibility index (Phi) is 4.65. The monoisotopic (exact) mass is 281 g/mol. The van der Waals surface area contributed by atoms with Crippen molar-refractivity contribution in [1.82, 2.24) is 15.3 Å². The molecule has 0 saturated heterocycles. The highest BCUT2D eigenvalue weighted by molar-refractivity contribution is 6.30. The van der Waals surface area contributed by atoms with Crippen LogP contribution in [0.5, 0.6) is 11.5 Å². The quantitative estimate of drug-likeness (QED) is 0.709. The highest BCUT2D eigenvalue weighted by atomic mass is 35.5. The molecule has 6 heteroatoms. The minimum atomic E-state index is 0.126. The molecule has 0 fully saturated rings. The number of phenols is 1. The first-order valence-corrected chi connectivity index (χ1v) is 6.32. The van der Waals surface area contributed by atoms with Crippen LogP contribution in [-0.2, 0) is 13.0 Å². The predicted octanol–water partition coefficient (Wildman–Crippen LogP) is 2.11. The lowest BCUT2D eigenvalue weighted by atomic mass is 10.2. The number of H-pyrrole nitrogens is 1. The Balaban J connectivity index is 1.90. The number of hydrogen-bond donors (Lipinski definition) is 3. The number of nitrogens with one attached hydrogen (secondary N) is 2. The van der Waals surface area contributed by atoms with Crippen molar-refractivity contribution in [2.75, 3.05) is 13.7 Å². The van der Waals surface area contributed by atoms with Gasteiger partial charge in [0.1, 0.15) is 0 Å². The Morgan fingerprint density at radius 1 is 1.47 bits per heavy atom. The van der Waals surface area contributed by atoms with Crippen molar-refractivity contribution >= 4 is 11.6 Å². The van der Waals surface area contributed by atoms with Crippen LogP contribution in [0.15, 0.2) is 24.7 Å². The van der Waals surface area contributed by atoms with Crippen LogP contribution in [-0.4, -0.2) is 28.7 Å². The molecule has 0 aliphatic carbocycles. The summed E-state index contributed by atoms with van der Waals surface area (Å²) < 4.78 is 5.06. The summed E-state index contributed by atoms with van der Waals surface area (Å²) in [5, 5.41) is 13.7. The number of benzene rings is 1. The van der Waals surface area contributed by atoms with Crippen molar-refractivity contribution in [1.29, 1.82) is 0 Å². The molecule has 0 amide bonds. The summed E-state index contributed by atoms with van der Waals surface area (Å²) in [4.78, 5) is 6.98. The van der Waals surface area contributed by atoms with E-state index >= 15 is 0 Å². The summed E-state index contributed by atoms with van der Waals surface area (Å²) in [5.41, 5.74) is 1.79. The molecule has 19 heavy (non-hydrogen) atoms. The second kappa shape index (κ2) is 6.45. The molecule has 1 heterocycles. The summed E-state index contributed by atoms with van der Waals surface area (Å²) in [6, 6.07) is 3.31. The van der Waals surface area contributed by atoms with E-state index in [-0.39, 0.29) is 5.75 Å². The van der Waals surface area contributed by atoms with Gasteiger partial charge in [-0.25, -0.2) is 4.98 Å². The summed E-state index contributed by atoms with van der Waals surface area (Å²) in [7, 11) is 1.50. The predicted molar refractivity (Wildman–Crippen MR) is 73.7 cm³/mol. The minimum Gasteiger partial charge on any atom is -0.504 e. The van der Waals surface area contributed by atoms with E-state index in [0.717, 1.165) is 18.7 Å². The standard InChI is InChI=1S/C13H16ClN3O2/c1-19-12-5-10(14)4-9(13(12)18)6-15-3-2-11-7-16-8-17-11/h4-5,7-8,15,18H,2-3,6H2,1H3,(H,16,17). The first kappa shape index (κ1) is 13.7. The molecule has 0 radical (unpaired) electrons. The van der Waals surface area contributed by atoms with Crippen LogP contribution in [0.1, 0.15) is 11.3 Å². The number of nitrogens with zero attached hydrogens (tertiary/aromatic N) is 1. The van der Waals surface area contributed by atoms with Gasteiger partial charge < -0.3 is 20.1 Å². The van der Waals surface area contributed by atoms with E-state index in [1.54, 1.807) is 24.7 Å². The lowest BCUT2D eigenvalue weighted by Crippen LogP contribution is -2.17. The van der Waals surface area contributed by atoms with Crippen molar-refractivity contribution < 1.29 is 9.84 Å². The van der Waals surface area contributed by atoms with Gasteiger partial charge in [-0.3, -0.25) is 0 Å². The second-order valence-electron chi connectivity index (χ2n) is 4.12. The van der Waals surface area contributed by atoms with Gasteiger partial charge in [0.15, 0.2) is 11.5 Å². The molecular formula is C13H16ClN3O2. The molecule has 0 unspecified atom stereocenters. The lowest BCUT2D eigenvalue weighted by Gasteiger charge is -2.10. The molecule has 3 N–H and O–H groups in total.